The topological polar surface area (TPSA) is 78.9 Å². The second kappa shape index (κ2) is 6.26. The predicted molar refractivity (Wildman–Crippen MR) is 83.3 cm³/mol. The van der Waals surface area contributed by atoms with Crippen molar-refractivity contribution in [2.24, 2.45) is 0 Å². The van der Waals surface area contributed by atoms with Gasteiger partial charge in [0.1, 0.15) is 17.7 Å². The van der Waals surface area contributed by atoms with E-state index in [9.17, 15) is 0 Å². The highest BCUT2D eigenvalue weighted by Crippen LogP contribution is 2.22. The third-order valence-corrected chi connectivity index (χ3v) is 3.31. The number of hydrogen-bond donors (Lipinski definition) is 1. The number of aromatic nitrogens is 4. The summed E-state index contributed by atoms with van der Waals surface area (Å²) in [6.07, 6.45) is 5.18. The average Bonchev–Trinajstić information content (AvgIpc) is 3.01. The van der Waals surface area contributed by atoms with Crippen molar-refractivity contribution in [1.29, 1.82) is 0 Å². The van der Waals surface area contributed by atoms with E-state index in [4.69, 9.17) is 10.5 Å². The van der Waals surface area contributed by atoms with E-state index in [-0.39, 0.29) is 6.10 Å². The Morgan fingerprint density at radius 3 is 2.77 bits per heavy atom. The zero-order valence-corrected chi connectivity index (χ0v) is 12.3. The smallest absolute Gasteiger partial charge is 0.149 e. The largest absolute Gasteiger partial charge is 0.484 e. The molecule has 6 nitrogen and oxygen atoms in total. The molecule has 2 N–H and O–H groups in total. The van der Waals surface area contributed by atoms with Crippen molar-refractivity contribution in [3.05, 3.63) is 66.1 Å². The molecule has 3 aromatic rings. The SMILES string of the molecule is CC(Oc1cnnc(N)c1)c1ccc(Cn2cccn2)cc1. The maximum atomic E-state index is 5.83. The maximum Gasteiger partial charge on any atom is 0.149 e. The van der Waals surface area contributed by atoms with Crippen LogP contribution >= 0.6 is 0 Å². The number of benzene rings is 1. The van der Waals surface area contributed by atoms with Gasteiger partial charge in [-0.1, -0.05) is 24.3 Å². The quantitative estimate of drug-likeness (QED) is 0.782. The second-order valence-electron chi connectivity index (χ2n) is 5.02. The summed E-state index contributed by atoms with van der Waals surface area (Å²) in [7, 11) is 0. The summed E-state index contributed by atoms with van der Waals surface area (Å²) in [5, 5.41) is 11.7. The zero-order valence-electron chi connectivity index (χ0n) is 12.3. The van der Waals surface area contributed by atoms with E-state index in [1.165, 1.54) is 5.56 Å². The van der Waals surface area contributed by atoms with Crippen molar-refractivity contribution in [1.82, 2.24) is 20.0 Å². The fourth-order valence-corrected chi connectivity index (χ4v) is 2.18. The first-order valence-corrected chi connectivity index (χ1v) is 7.02. The minimum Gasteiger partial charge on any atom is -0.484 e. The van der Waals surface area contributed by atoms with E-state index in [0.29, 0.717) is 11.6 Å². The Bertz CT molecular complexity index is 725. The van der Waals surface area contributed by atoms with Crippen LogP contribution in [0.4, 0.5) is 5.82 Å². The molecule has 1 atom stereocenters. The lowest BCUT2D eigenvalue weighted by molar-refractivity contribution is 0.225. The zero-order chi connectivity index (χ0) is 15.4. The molecular formula is C16H17N5O. The molecule has 0 saturated carbocycles. The molecule has 0 saturated heterocycles. The van der Waals surface area contributed by atoms with Crippen LogP contribution < -0.4 is 10.5 Å². The van der Waals surface area contributed by atoms with Crippen molar-refractivity contribution in [2.75, 3.05) is 5.73 Å². The number of nitrogen functional groups attached to an aromatic ring is 1. The number of nitrogens with two attached hydrogens (primary N) is 1. The third kappa shape index (κ3) is 3.41. The van der Waals surface area contributed by atoms with Gasteiger partial charge in [0.25, 0.3) is 0 Å². The molecule has 0 fully saturated rings. The van der Waals surface area contributed by atoms with E-state index in [2.05, 4.69) is 39.6 Å². The molecule has 0 aliphatic heterocycles. The third-order valence-electron chi connectivity index (χ3n) is 3.31. The molecule has 0 spiro atoms. The molecule has 0 bridgehead atoms. The fourth-order valence-electron chi connectivity index (χ4n) is 2.18. The first-order valence-electron chi connectivity index (χ1n) is 7.02. The van der Waals surface area contributed by atoms with Crippen LogP contribution in [0.1, 0.15) is 24.2 Å². The highest BCUT2D eigenvalue weighted by atomic mass is 16.5. The van der Waals surface area contributed by atoms with Crippen molar-refractivity contribution in [3.63, 3.8) is 0 Å². The first-order chi connectivity index (χ1) is 10.7. The first kappa shape index (κ1) is 14.1. The van der Waals surface area contributed by atoms with Gasteiger partial charge in [0.2, 0.25) is 0 Å². The lowest BCUT2D eigenvalue weighted by Crippen LogP contribution is -2.05. The molecule has 6 heteroatoms. The van der Waals surface area contributed by atoms with E-state index >= 15 is 0 Å². The van der Waals surface area contributed by atoms with Crippen molar-refractivity contribution < 1.29 is 4.74 Å². The van der Waals surface area contributed by atoms with Gasteiger partial charge in [-0.3, -0.25) is 4.68 Å². The van der Waals surface area contributed by atoms with E-state index in [1.54, 1.807) is 18.5 Å². The van der Waals surface area contributed by atoms with E-state index in [0.717, 1.165) is 12.1 Å². The number of ether oxygens (including phenoxy) is 1. The highest BCUT2D eigenvalue weighted by molar-refractivity contribution is 5.34. The van der Waals surface area contributed by atoms with Gasteiger partial charge in [-0.05, 0) is 24.1 Å². The minimum atomic E-state index is -0.0950. The second-order valence-corrected chi connectivity index (χ2v) is 5.02. The molecule has 1 aromatic carbocycles. The van der Waals surface area contributed by atoms with Crippen molar-refractivity contribution >= 4 is 5.82 Å². The normalized spacial score (nSPS) is 12.0. The molecule has 0 aliphatic rings. The molecule has 112 valence electrons. The number of anilines is 1. The fraction of sp³-hybridized carbons (Fsp3) is 0.188. The van der Waals surface area contributed by atoms with Gasteiger partial charge in [0, 0.05) is 18.5 Å². The summed E-state index contributed by atoms with van der Waals surface area (Å²) in [5.41, 5.74) is 7.87. The number of nitrogens with zero attached hydrogens (tertiary/aromatic N) is 4. The predicted octanol–water partition coefficient (Wildman–Crippen LogP) is 2.44. The monoisotopic (exact) mass is 295 g/mol. The average molecular weight is 295 g/mol. The Balaban J connectivity index is 1.66. The molecule has 0 radical (unpaired) electrons. The summed E-state index contributed by atoms with van der Waals surface area (Å²) < 4.78 is 7.72. The molecule has 22 heavy (non-hydrogen) atoms. The van der Waals surface area contributed by atoms with Crippen LogP contribution in [0.5, 0.6) is 5.75 Å². The highest BCUT2D eigenvalue weighted by Gasteiger charge is 2.08. The maximum absolute atomic E-state index is 5.83. The Morgan fingerprint density at radius 1 is 1.27 bits per heavy atom. The van der Waals surface area contributed by atoms with Crippen molar-refractivity contribution in [2.45, 2.75) is 19.6 Å². The summed E-state index contributed by atoms with van der Waals surface area (Å²) in [5.74, 6) is 0.958. The standard InChI is InChI=1S/C16H17N5O/c1-12(22-15-9-16(17)20-18-10-15)14-5-3-13(4-6-14)11-21-8-2-7-19-21/h2-10,12H,11H2,1H3,(H2,17,20). The molecule has 1 unspecified atom stereocenters. The van der Waals surface area contributed by atoms with Gasteiger partial charge in [0.15, 0.2) is 0 Å². The van der Waals surface area contributed by atoms with Crippen LogP contribution in [0, 0.1) is 0 Å². The Morgan fingerprint density at radius 2 is 2.09 bits per heavy atom. The van der Waals surface area contributed by atoms with Gasteiger partial charge in [-0.15, -0.1) is 5.10 Å². The van der Waals surface area contributed by atoms with Crippen LogP contribution in [0.2, 0.25) is 0 Å². The summed E-state index contributed by atoms with van der Waals surface area (Å²) >= 11 is 0. The number of hydrogen-bond acceptors (Lipinski definition) is 5. The van der Waals surface area contributed by atoms with Gasteiger partial charge in [-0.25, -0.2) is 0 Å². The van der Waals surface area contributed by atoms with Crippen LogP contribution in [-0.2, 0) is 6.54 Å². The lowest BCUT2D eigenvalue weighted by Gasteiger charge is -2.15. The Hall–Kier alpha value is -2.89. The summed E-state index contributed by atoms with van der Waals surface area (Å²) in [6.45, 7) is 2.74. The van der Waals surface area contributed by atoms with E-state index in [1.807, 2.05) is 23.9 Å². The molecular weight excluding hydrogens is 278 g/mol. The van der Waals surface area contributed by atoms with Crippen LogP contribution in [0.25, 0.3) is 0 Å². The Kier molecular flexibility index (Phi) is 4.00. The Labute approximate surface area is 128 Å². The molecule has 0 amide bonds. The van der Waals surface area contributed by atoms with Gasteiger partial charge >= 0.3 is 0 Å². The van der Waals surface area contributed by atoms with E-state index < -0.39 is 0 Å². The van der Waals surface area contributed by atoms with Gasteiger partial charge < -0.3 is 10.5 Å². The van der Waals surface area contributed by atoms with Crippen LogP contribution in [0.3, 0.4) is 0 Å². The molecule has 0 aliphatic carbocycles. The minimum absolute atomic E-state index is 0.0950. The van der Waals surface area contributed by atoms with Gasteiger partial charge in [-0.2, -0.15) is 10.2 Å². The number of rotatable bonds is 5. The van der Waals surface area contributed by atoms with Gasteiger partial charge in [0.05, 0.1) is 12.7 Å². The van der Waals surface area contributed by atoms with Crippen LogP contribution in [-0.4, -0.2) is 20.0 Å². The summed E-state index contributed by atoms with van der Waals surface area (Å²) in [6, 6.07) is 11.9. The summed E-state index contributed by atoms with van der Waals surface area (Å²) in [4.78, 5) is 0. The lowest BCUT2D eigenvalue weighted by atomic mass is 10.1. The molecule has 2 aromatic heterocycles. The molecule has 2 heterocycles. The van der Waals surface area contributed by atoms with Crippen LogP contribution in [0.15, 0.2) is 55.0 Å². The van der Waals surface area contributed by atoms with Crippen molar-refractivity contribution in [3.8, 4) is 5.75 Å². The molecule has 3 rings (SSSR count).